The average molecular weight is 396 g/mol. The molecule has 0 saturated carbocycles. The zero-order chi connectivity index (χ0) is 18.9. The van der Waals surface area contributed by atoms with Crippen molar-refractivity contribution < 1.29 is 22.7 Å². The minimum Gasteiger partial charge on any atom is -0.494 e. The Bertz CT molecular complexity index is 895. The Hall–Kier alpha value is -1.94. The normalized spacial score (nSPS) is 20.9. The number of rotatable bonds is 5. The molecule has 1 aromatic carbocycles. The topological polar surface area (TPSA) is 98.9 Å². The summed E-state index contributed by atoms with van der Waals surface area (Å²) in [5, 5.41) is 0. The first-order valence-electron chi connectivity index (χ1n) is 7.95. The van der Waals surface area contributed by atoms with Gasteiger partial charge in [-0.1, -0.05) is 30.3 Å². The highest BCUT2D eigenvalue weighted by molar-refractivity contribution is 7.91. The number of ether oxygens (including phenoxy) is 2. The number of carbonyl (C=O) groups is 1. The number of hydrogen-bond acceptors (Lipinski definition) is 7. The molecule has 140 valence electrons. The van der Waals surface area contributed by atoms with E-state index < -0.39 is 16.0 Å². The third-order valence-electron chi connectivity index (χ3n) is 4.41. The van der Waals surface area contributed by atoms with Crippen LogP contribution in [0.2, 0.25) is 0 Å². The first-order valence-corrected chi connectivity index (χ1v) is 10.2. The van der Waals surface area contributed by atoms with Crippen LogP contribution in [0, 0.1) is 0 Å². The Balaban J connectivity index is 1.92. The summed E-state index contributed by atoms with van der Waals surface area (Å²) >= 11 is 0.839. The third kappa shape index (κ3) is 3.35. The quantitative estimate of drug-likeness (QED) is 0.772. The van der Waals surface area contributed by atoms with E-state index in [0.717, 1.165) is 16.9 Å². The number of methoxy groups -OCH3 is 2. The lowest BCUT2D eigenvalue weighted by Gasteiger charge is -2.16. The fourth-order valence-electron chi connectivity index (χ4n) is 3.04. The lowest BCUT2D eigenvalue weighted by molar-refractivity contribution is 0.0606. The van der Waals surface area contributed by atoms with Gasteiger partial charge in [0.05, 0.1) is 14.2 Å². The predicted octanol–water partition coefficient (Wildman–Crippen LogP) is 1.66. The molecular weight excluding hydrogens is 376 g/mol. The smallest absolute Gasteiger partial charge is 0.348 e. The number of benzene rings is 1. The van der Waals surface area contributed by atoms with Crippen LogP contribution >= 0.6 is 11.3 Å². The van der Waals surface area contributed by atoms with Gasteiger partial charge in [0.2, 0.25) is 0 Å². The summed E-state index contributed by atoms with van der Waals surface area (Å²) in [6, 6.07) is 10.7. The van der Waals surface area contributed by atoms with Crippen molar-refractivity contribution in [2.45, 2.75) is 16.2 Å². The number of carbonyl (C=O) groups excluding carboxylic acids is 1. The summed E-state index contributed by atoms with van der Waals surface area (Å²) < 4.78 is 37.4. The van der Waals surface area contributed by atoms with Crippen molar-refractivity contribution in [3.8, 4) is 5.75 Å². The van der Waals surface area contributed by atoms with E-state index in [1.165, 1.54) is 24.6 Å². The van der Waals surface area contributed by atoms with Crippen molar-refractivity contribution in [2.75, 3.05) is 27.3 Å². The van der Waals surface area contributed by atoms with Crippen LogP contribution < -0.4 is 10.5 Å². The zero-order valence-electron chi connectivity index (χ0n) is 14.4. The van der Waals surface area contributed by atoms with Crippen LogP contribution in [0.25, 0.3) is 0 Å². The summed E-state index contributed by atoms with van der Waals surface area (Å²) in [4.78, 5) is 11.9. The third-order valence-corrected chi connectivity index (χ3v) is 7.83. The molecule has 2 aromatic rings. The van der Waals surface area contributed by atoms with Crippen molar-refractivity contribution in [1.29, 1.82) is 0 Å². The molecule has 7 nitrogen and oxygen atoms in total. The molecule has 0 radical (unpaired) electrons. The minimum atomic E-state index is -3.84. The Labute approximate surface area is 156 Å². The lowest BCUT2D eigenvalue weighted by Crippen LogP contribution is -2.32. The van der Waals surface area contributed by atoms with Gasteiger partial charge in [0.1, 0.15) is 4.88 Å². The highest BCUT2D eigenvalue weighted by Gasteiger charge is 2.40. The van der Waals surface area contributed by atoms with Gasteiger partial charge in [-0.2, -0.15) is 4.31 Å². The van der Waals surface area contributed by atoms with E-state index in [2.05, 4.69) is 4.74 Å². The number of sulfonamides is 1. The molecule has 3 rings (SSSR count). The van der Waals surface area contributed by atoms with Crippen LogP contribution in [0.15, 0.2) is 40.6 Å². The summed E-state index contributed by atoms with van der Waals surface area (Å²) in [5.74, 6) is -0.556. The van der Waals surface area contributed by atoms with E-state index in [9.17, 15) is 13.2 Å². The summed E-state index contributed by atoms with van der Waals surface area (Å²) in [5.41, 5.74) is 7.22. The highest BCUT2D eigenvalue weighted by Crippen LogP contribution is 2.38. The van der Waals surface area contributed by atoms with Crippen molar-refractivity contribution in [2.24, 2.45) is 5.73 Å². The molecule has 0 aliphatic carbocycles. The van der Waals surface area contributed by atoms with E-state index in [0.29, 0.717) is 0 Å². The Morgan fingerprint density at radius 1 is 1.23 bits per heavy atom. The van der Waals surface area contributed by atoms with Gasteiger partial charge in [-0.25, -0.2) is 13.2 Å². The molecular formula is C17H20N2O5S2. The summed E-state index contributed by atoms with van der Waals surface area (Å²) in [6.45, 7) is 0.485. The van der Waals surface area contributed by atoms with Crippen LogP contribution in [-0.2, 0) is 14.8 Å². The van der Waals surface area contributed by atoms with Gasteiger partial charge < -0.3 is 15.2 Å². The summed E-state index contributed by atoms with van der Waals surface area (Å²) in [7, 11) is -1.23. The van der Waals surface area contributed by atoms with E-state index >= 15 is 0 Å². The monoisotopic (exact) mass is 396 g/mol. The molecule has 2 atom stereocenters. The SMILES string of the molecule is COC(=O)c1cc(OC)c(S(=O)(=O)N2C[C@@H](N)[C@H](c3ccccc3)C2)s1. The standard InChI is InChI=1S/C17H20N2O5S2/c1-23-14-8-15(16(20)24-2)25-17(14)26(21,22)19-9-12(13(18)10-19)11-6-4-3-5-7-11/h3-8,12-13H,9-10,18H2,1-2H3/t12-,13+/m0/s1. The van der Waals surface area contributed by atoms with Crippen molar-refractivity contribution >= 4 is 27.3 Å². The number of nitrogens with zero attached hydrogens (tertiary/aromatic N) is 1. The number of hydrogen-bond donors (Lipinski definition) is 1. The maximum absolute atomic E-state index is 13.1. The molecule has 2 heterocycles. The molecule has 9 heteroatoms. The number of nitrogens with two attached hydrogens (primary N) is 1. The Morgan fingerprint density at radius 3 is 2.54 bits per heavy atom. The molecule has 0 amide bonds. The van der Waals surface area contributed by atoms with Crippen molar-refractivity contribution in [3.63, 3.8) is 0 Å². The largest absolute Gasteiger partial charge is 0.494 e. The van der Waals surface area contributed by atoms with Gasteiger partial charge >= 0.3 is 5.97 Å². The van der Waals surface area contributed by atoms with Gasteiger partial charge in [0.25, 0.3) is 10.0 Å². The van der Waals surface area contributed by atoms with Crippen LogP contribution in [0.5, 0.6) is 5.75 Å². The molecule has 1 saturated heterocycles. The molecule has 0 spiro atoms. The fraction of sp³-hybridized carbons (Fsp3) is 0.353. The molecule has 2 N–H and O–H groups in total. The summed E-state index contributed by atoms with van der Waals surface area (Å²) in [6.07, 6.45) is 0. The number of esters is 1. The first kappa shape index (κ1) is 18.8. The lowest BCUT2D eigenvalue weighted by atomic mass is 9.95. The molecule has 0 bridgehead atoms. The minimum absolute atomic E-state index is 0.0127. The second kappa shape index (κ2) is 7.36. The van der Waals surface area contributed by atoms with Gasteiger partial charge in [-0.3, -0.25) is 0 Å². The molecule has 0 unspecified atom stereocenters. The first-order chi connectivity index (χ1) is 12.4. The maximum Gasteiger partial charge on any atom is 0.348 e. The average Bonchev–Trinajstić information content (AvgIpc) is 3.26. The Kier molecular flexibility index (Phi) is 5.33. The predicted molar refractivity (Wildman–Crippen MR) is 98.1 cm³/mol. The molecule has 1 aliphatic rings. The van der Waals surface area contributed by atoms with Gasteiger partial charge in [0, 0.05) is 31.1 Å². The Morgan fingerprint density at radius 2 is 1.92 bits per heavy atom. The van der Waals surface area contributed by atoms with E-state index in [-0.39, 0.29) is 39.9 Å². The van der Waals surface area contributed by atoms with Crippen LogP contribution in [0.4, 0.5) is 0 Å². The molecule has 1 aromatic heterocycles. The van der Waals surface area contributed by atoms with Crippen LogP contribution in [0.1, 0.15) is 21.2 Å². The number of thiophene rings is 1. The van der Waals surface area contributed by atoms with Gasteiger partial charge in [0.15, 0.2) is 9.96 Å². The second-order valence-corrected chi connectivity index (χ2v) is 9.15. The van der Waals surface area contributed by atoms with Gasteiger partial charge in [-0.15, -0.1) is 11.3 Å². The molecule has 1 fully saturated rings. The van der Waals surface area contributed by atoms with Crippen molar-refractivity contribution in [3.05, 3.63) is 46.8 Å². The van der Waals surface area contributed by atoms with E-state index in [1.807, 2.05) is 30.3 Å². The van der Waals surface area contributed by atoms with Gasteiger partial charge in [-0.05, 0) is 5.56 Å². The van der Waals surface area contributed by atoms with E-state index in [1.54, 1.807) is 0 Å². The maximum atomic E-state index is 13.1. The van der Waals surface area contributed by atoms with Crippen LogP contribution in [-0.4, -0.2) is 52.0 Å². The molecule has 26 heavy (non-hydrogen) atoms. The second-order valence-electron chi connectivity index (χ2n) is 5.96. The van der Waals surface area contributed by atoms with Crippen molar-refractivity contribution in [1.82, 2.24) is 4.31 Å². The zero-order valence-corrected chi connectivity index (χ0v) is 16.0. The fourth-order valence-corrected chi connectivity index (χ4v) is 6.18. The van der Waals surface area contributed by atoms with Crippen LogP contribution in [0.3, 0.4) is 0 Å². The highest BCUT2D eigenvalue weighted by atomic mass is 32.2. The van der Waals surface area contributed by atoms with E-state index in [4.69, 9.17) is 10.5 Å². The molecule has 1 aliphatic heterocycles.